The fraction of sp³-hybridized carbons (Fsp3) is 0.423. The van der Waals surface area contributed by atoms with Crippen LogP contribution in [-0.4, -0.2) is 65.5 Å². The maximum atomic E-state index is 12.8. The summed E-state index contributed by atoms with van der Waals surface area (Å²) < 4.78 is 17.4. The van der Waals surface area contributed by atoms with Crippen molar-refractivity contribution >= 4 is 18.3 Å². The van der Waals surface area contributed by atoms with Gasteiger partial charge in [0.05, 0.1) is 6.61 Å². The predicted molar refractivity (Wildman–Crippen MR) is 138 cm³/mol. The molecule has 2 aromatic rings. The summed E-state index contributed by atoms with van der Waals surface area (Å²) in [7, 11) is 0. The van der Waals surface area contributed by atoms with E-state index >= 15 is 0 Å². The molecule has 1 fully saturated rings. The molecule has 0 bridgehead atoms. The third-order valence-corrected chi connectivity index (χ3v) is 6.57. The predicted octanol–water partition coefficient (Wildman–Crippen LogP) is 2.07. The number of likely N-dealkylation sites (tertiary alicyclic amines) is 1. The third kappa shape index (κ3) is 6.35. The average molecular weight is 511 g/mol. The number of rotatable bonds is 8. The lowest BCUT2D eigenvalue weighted by Crippen LogP contribution is -2.40. The van der Waals surface area contributed by atoms with E-state index in [4.69, 9.17) is 31.2 Å². The van der Waals surface area contributed by atoms with Crippen LogP contribution in [0.25, 0.3) is 0 Å². The Morgan fingerprint density at radius 3 is 2.68 bits per heavy atom. The van der Waals surface area contributed by atoms with Crippen molar-refractivity contribution in [2.75, 3.05) is 26.2 Å². The van der Waals surface area contributed by atoms with Crippen LogP contribution in [-0.2, 0) is 22.5 Å². The molecule has 0 radical (unpaired) electrons. The summed E-state index contributed by atoms with van der Waals surface area (Å²) in [4.78, 5) is 16.6. The van der Waals surface area contributed by atoms with Gasteiger partial charge in [-0.2, -0.15) is 5.10 Å². The third-order valence-electron chi connectivity index (χ3n) is 6.57. The van der Waals surface area contributed by atoms with E-state index < -0.39 is 12.1 Å². The Balaban J connectivity index is 1.49. The van der Waals surface area contributed by atoms with Crippen LogP contribution in [0.3, 0.4) is 0 Å². The molecule has 0 aliphatic carbocycles. The van der Waals surface area contributed by atoms with E-state index in [-0.39, 0.29) is 24.4 Å². The highest BCUT2D eigenvalue weighted by Crippen LogP contribution is 2.34. The highest BCUT2D eigenvalue weighted by Gasteiger charge is 2.27. The summed E-state index contributed by atoms with van der Waals surface area (Å²) in [6.07, 6.45) is 2.78. The lowest BCUT2D eigenvalue weighted by atomic mass is 9.99. The molecule has 0 saturated carbocycles. The van der Waals surface area contributed by atoms with Crippen LogP contribution >= 0.6 is 0 Å². The first kappa shape index (κ1) is 25.9. The zero-order valence-electron chi connectivity index (χ0n) is 20.9. The highest BCUT2D eigenvalue weighted by molar-refractivity contribution is 5.77. The maximum Gasteiger partial charge on any atom is 0.352 e. The average Bonchev–Trinajstić information content (AvgIpc) is 2.89. The number of guanidine groups is 1. The number of nitrogens with two attached hydrogens (primary N) is 2. The molecule has 0 amide bonds. The topological polar surface area (TPSA) is 160 Å². The summed E-state index contributed by atoms with van der Waals surface area (Å²) in [5, 5.41) is 22.0. The smallest absolute Gasteiger partial charge is 0.352 e. The lowest BCUT2D eigenvalue weighted by Gasteiger charge is -2.30. The van der Waals surface area contributed by atoms with E-state index in [9.17, 15) is 9.90 Å². The van der Waals surface area contributed by atoms with Crippen molar-refractivity contribution < 1.29 is 24.1 Å². The minimum atomic E-state index is -1.08. The van der Waals surface area contributed by atoms with Crippen molar-refractivity contribution in [3.63, 3.8) is 0 Å². The van der Waals surface area contributed by atoms with Crippen LogP contribution in [0.1, 0.15) is 42.6 Å². The summed E-state index contributed by atoms with van der Waals surface area (Å²) in [6, 6.07) is 10.4. The number of fused-ring (bicyclic) bond motifs is 1. The maximum absolute atomic E-state index is 12.8. The molecule has 2 aliphatic heterocycles. The Bertz CT molecular complexity index is 1150. The van der Waals surface area contributed by atoms with E-state index in [0.717, 1.165) is 43.5 Å². The number of carbonyl (C=O) groups excluding carboxylic acids is 1. The Hall–Kier alpha value is -4.15. The molecular weight excluding hydrogens is 476 g/mol. The minimum absolute atomic E-state index is 0.0223. The van der Waals surface area contributed by atoms with Gasteiger partial charge in [0.15, 0.2) is 17.5 Å². The summed E-state index contributed by atoms with van der Waals surface area (Å²) in [6.45, 7) is 4.61. The monoisotopic (exact) mass is 510 g/mol. The SMILES string of the molecule is CCOC(=O)C(Oc1ccc2c(c1)CN(C(=N)N)CC2)c1ccc(OC2CCN(C=NN)CC2)c(O)c1. The second kappa shape index (κ2) is 11.7. The van der Waals surface area contributed by atoms with Gasteiger partial charge in [0.2, 0.25) is 6.10 Å². The number of nitrogens with one attached hydrogen (secondary N) is 1. The number of nitrogens with zero attached hydrogens (tertiary/aromatic N) is 3. The fourth-order valence-electron chi connectivity index (χ4n) is 4.60. The van der Waals surface area contributed by atoms with Crippen molar-refractivity contribution in [1.29, 1.82) is 5.41 Å². The zero-order chi connectivity index (χ0) is 26.4. The van der Waals surface area contributed by atoms with Gasteiger partial charge in [0, 0.05) is 44.6 Å². The second-order valence-electron chi connectivity index (χ2n) is 9.08. The number of aromatic hydroxyl groups is 1. The molecule has 6 N–H and O–H groups in total. The standard InChI is InChI=1S/C26H34N6O5/c1-2-35-25(34)24(37-21-5-3-17-7-12-32(26(27)28)15-19(17)13-21)18-4-6-23(22(33)14-18)36-20-8-10-31(11-9-20)16-30-29/h3-6,13-14,16,20,24,33H,2,7-12,15,29H2,1H3,(H3,27,28). The number of ether oxygens (including phenoxy) is 3. The van der Waals surface area contributed by atoms with Crippen LogP contribution in [0.5, 0.6) is 17.2 Å². The number of piperidine rings is 1. The van der Waals surface area contributed by atoms with E-state index in [2.05, 4.69) is 5.10 Å². The van der Waals surface area contributed by atoms with Gasteiger partial charge in [-0.15, -0.1) is 0 Å². The molecule has 11 heteroatoms. The first-order valence-electron chi connectivity index (χ1n) is 12.4. The fourth-order valence-corrected chi connectivity index (χ4v) is 4.60. The molecular formula is C26H34N6O5. The number of hydrogen-bond acceptors (Lipinski definition) is 8. The Kier molecular flexibility index (Phi) is 8.22. The Morgan fingerprint density at radius 2 is 2.00 bits per heavy atom. The number of carbonyl (C=O) groups is 1. The molecule has 1 atom stereocenters. The van der Waals surface area contributed by atoms with E-state index in [1.807, 2.05) is 23.1 Å². The van der Waals surface area contributed by atoms with Crippen molar-refractivity contribution in [3.8, 4) is 17.2 Å². The molecule has 0 aromatic heterocycles. The molecule has 11 nitrogen and oxygen atoms in total. The molecule has 1 saturated heterocycles. The van der Waals surface area contributed by atoms with E-state index in [1.54, 1.807) is 30.3 Å². The molecule has 2 aliphatic rings. The quantitative estimate of drug-likeness (QED) is 0.137. The summed E-state index contributed by atoms with van der Waals surface area (Å²) >= 11 is 0. The van der Waals surface area contributed by atoms with Crippen LogP contribution in [0.2, 0.25) is 0 Å². The normalized spacial score (nSPS) is 16.8. The summed E-state index contributed by atoms with van der Waals surface area (Å²) in [5.74, 6) is 5.42. The van der Waals surface area contributed by atoms with Crippen LogP contribution in [0.4, 0.5) is 0 Å². The Labute approximate surface area is 216 Å². The van der Waals surface area contributed by atoms with Crippen molar-refractivity contribution in [2.45, 2.75) is 44.9 Å². The van der Waals surface area contributed by atoms with Crippen LogP contribution in [0.15, 0.2) is 41.5 Å². The molecule has 37 heavy (non-hydrogen) atoms. The molecule has 2 heterocycles. The van der Waals surface area contributed by atoms with Crippen molar-refractivity contribution in [2.24, 2.45) is 16.7 Å². The van der Waals surface area contributed by atoms with E-state index in [0.29, 0.717) is 30.2 Å². The van der Waals surface area contributed by atoms with Gasteiger partial charge in [-0.1, -0.05) is 12.1 Å². The largest absolute Gasteiger partial charge is 0.504 e. The first-order chi connectivity index (χ1) is 17.9. The van der Waals surface area contributed by atoms with Crippen LogP contribution in [0, 0.1) is 5.41 Å². The lowest BCUT2D eigenvalue weighted by molar-refractivity contribution is -0.151. The number of phenolic OH excluding ortho intramolecular Hbond substituents is 1. The molecule has 1 unspecified atom stereocenters. The van der Waals surface area contributed by atoms with Gasteiger partial charge in [0.1, 0.15) is 18.2 Å². The summed E-state index contributed by atoms with van der Waals surface area (Å²) in [5.41, 5.74) is 8.25. The number of esters is 1. The molecule has 2 aromatic carbocycles. The molecule has 198 valence electrons. The van der Waals surface area contributed by atoms with Crippen molar-refractivity contribution in [3.05, 3.63) is 53.1 Å². The molecule has 0 spiro atoms. The molecule has 4 rings (SSSR count). The van der Waals surface area contributed by atoms with Gasteiger partial charge < -0.3 is 40.7 Å². The minimum Gasteiger partial charge on any atom is -0.504 e. The van der Waals surface area contributed by atoms with Gasteiger partial charge in [-0.25, -0.2) is 4.79 Å². The number of hydrogen-bond donors (Lipinski definition) is 4. The number of benzene rings is 2. The van der Waals surface area contributed by atoms with Crippen molar-refractivity contribution in [1.82, 2.24) is 9.80 Å². The van der Waals surface area contributed by atoms with E-state index in [1.165, 1.54) is 6.07 Å². The highest BCUT2D eigenvalue weighted by atomic mass is 16.6. The first-order valence-corrected chi connectivity index (χ1v) is 12.4. The Morgan fingerprint density at radius 1 is 1.22 bits per heavy atom. The zero-order valence-corrected chi connectivity index (χ0v) is 20.9. The van der Waals surface area contributed by atoms with Crippen LogP contribution < -0.4 is 21.1 Å². The number of hydrazone groups is 1. The van der Waals surface area contributed by atoms with Gasteiger partial charge in [0.25, 0.3) is 0 Å². The van der Waals surface area contributed by atoms with Gasteiger partial charge >= 0.3 is 5.97 Å². The van der Waals surface area contributed by atoms with Gasteiger partial charge in [-0.05, 0) is 48.7 Å². The second-order valence-corrected chi connectivity index (χ2v) is 9.08. The number of phenols is 1. The van der Waals surface area contributed by atoms with Gasteiger partial charge in [-0.3, -0.25) is 5.41 Å².